The van der Waals surface area contributed by atoms with Crippen LogP contribution in [0.15, 0.2) is 0 Å². The third kappa shape index (κ3) is 1.95. The molecule has 1 aromatic heterocycles. The van der Waals surface area contributed by atoms with Crippen molar-refractivity contribution < 1.29 is 0 Å². The van der Waals surface area contributed by atoms with Gasteiger partial charge in [0.2, 0.25) is 0 Å². The molecular formula is C10H18N4. The zero-order valence-corrected chi connectivity index (χ0v) is 8.95. The van der Waals surface area contributed by atoms with E-state index in [0.29, 0.717) is 5.92 Å². The highest BCUT2D eigenvalue weighted by molar-refractivity contribution is 5.01. The average Bonchev–Trinajstić information content (AvgIpc) is 2.74. The zero-order chi connectivity index (χ0) is 9.97. The quantitative estimate of drug-likeness (QED) is 0.785. The molecule has 78 valence electrons. The number of hydrogen-bond donors (Lipinski definition) is 1. The molecule has 1 atom stereocenters. The van der Waals surface area contributed by atoms with Crippen molar-refractivity contribution in [2.45, 2.75) is 32.1 Å². The average molecular weight is 194 g/mol. The van der Waals surface area contributed by atoms with Crippen LogP contribution in [0.5, 0.6) is 0 Å². The molecule has 1 aliphatic rings. The van der Waals surface area contributed by atoms with Gasteiger partial charge in [0, 0.05) is 18.9 Å². The molecule has 0 amide bonds. The van der Waals surface area contributed by atoms with Crippen LogP contribution < -0.4 is 0 Å². The lowest BCUT2D eigenvalue weighted by atomic mass is 10.1. The molecule has 1 unspecified atom stereocenters. The van der Waals surface area contributed by atoms with Gasteiger partial charge in [-0.05, 0) is 26.4 Å². The van der Waals surface area contributed by atoms with Crippen LogP contribution in [0.25, 0.3) is 0 Å². The van der Waals surface area contributed by atoms with Crippen LogP contribution >= 0.6 is 0 Å². The summed E-state index contributed by atoms with van der Waals surface area (Å²) in [6.07, 6.45) is 3.33. The lowest BCUT2D eigenvalue weighted by Gasteiger charge is -2.05. The van der Waals surface area contributed by atoms with Crippen molar-refractivity contribution in [3.05, 3.63) is 11.6 Å². The van der Waals surface area contributed by atoms with Crippen LogP contribution in [-0.4, -0.2) is 40.2 Å². The third-order valence-corrected chi connectivity index (χ3v) is 2.79. The van der Waals surface area contributed by atoms with Crippen LogP contribution in [0.2, 0.25) is 0 Å². The first-order chi connectivity index (χ1) is 6.79. The van der Waals surface area contributed by atoms with Gasteiger partial charge in [0.1, 0.15) is 5.82 Å². The Kier molecular flexibility index (Phi) is 2.82. The Labute approximate surface area is 84.7 Å². The molecular weight excluding hydrogens is 176 g/mol. The molecule has 2 heterocycles. The zero-order valence-electron chi connectivity index (χ0n) is 8.95. The van der Waals surface area contributed by atoms with Gasteiger partial charge >= 0.3 is 0 Å². The van der Waals surface area contributed by atoms with E-state index in [1.165, 1.54) is 13.0 Å². The Hall–Kier alpha value is -0.900. The van der Waals surface area contributed by atoms with Crippen LogP contribution in [0.1, 0.15) is 37.3 Å². The fraction of sp³-hybridized carbons (Fsp3) is 0.800. The molecule has 1 aromatic rings. The number of rotatable bonds is 3. The molecule has 2 rings (SSSR count). The van der Waals surface area contributed by atoms with Crippen molar-refractivity contribution in [1.82, 2.24) is 20.1 Å². The van der Waals surface area contributed by atoms with Gasteiger partial charge in [-0.15, -0.1) is 0 Å². The molecule has 0 bridgehead atoms. The van der Waals surface area contributed by atoms with Crippen molar-refractivity contribution in [2.75, 3.05) is 20.1 Å². The summed E-state index contributed by atoms with van der Waals surface area (Å²) < 4.78 is 0. The van der Waals surface area contributed by atoms with E-state index < -0.39 is 0 Å². The lowest BCUT2D eigenvalue weighted by molar-refractivity contribution is 0.409. The minimum Gasteiger partial charge on any atom is -0.306 e. The molecule has 1 saturated heterocycles. The Bertz CT molecular complexity index is 294. The summed E-state index contributed by atoms with van der Waals surface area (Å²) in [5.74, 6) is 2.59. The normalized spacial score (nSPS) is 23.1. The fourth-order valence-electron chi connectivity index (χ4n) is 1.99. The number of hydrogen-bond acceptors (Lipinski definition) is 3. The van der Waals surface area contributed by atoms with Crippen molar-refractivity contribution >= 4 is 0 Å². The highest BCUT2D eigenvalue weighted by Gasteiger charge is 2.24. The van der Waals surface area contributed by atoms with E-state index >= 15 is 0 Å². The van der Waals surface area contributed by atoms with E-state index in [-0.39, 0.29) is 0 Å². The van der Waals surface area contributed by atoms with E-state index in [1.54, 1.807) is 0 Å². The number of H-pyrrole nitrogens is 1. The second kappa shape index (κ2) is 4.09. The molecule has 1 fully saturated rings. The summed E-state index contributed by atoms with van der Waals surface area (Å²) in [7, 11) is 2.15. The molecule has 14 heavy (non-hydrogen) atoms. The summed E-state index contributed by atoms with van der Waals surface area (Å²) in [4.78, 5) is 6.86. The summed E-state index contributed by atoms with van der Waals surface area (Å²) >= 11 is 0. The molecule has 0 spiro atoms. The summed E-state index contributed by atoms with van der Waals surface area (Å²) in [5, 5.41) is 7.31. The topological polar surface area (TPSA) is 44.8 Å². The maximum atomic E-state index is 4.52. The molecule has 1 N–H and O–H groups in total. The van der Waals surface area contributed by atoms with Crippen molar-refractivity contribution in [3.8, 4) is 0 Å². The number of likely N-dealkylation sites (N-methyl/N-ethyl adjacent to an activating group) is 1. The Morgan fingerprint density at radius 3 is 3.07 bits per heavy atom. The molecule has 1 aliphatic heterocycles. The maximum absolute atomic E-state index is 4.52. The number of aryl methyl sites for hydroxylation is 1. The Balaban J connectivity index is 2.02. The van der Waals surface area contributed by atoms with Crippen LogP contribution in [0.3, 0.4) is 0 Å². The SMILES string of the molecule is CCCc1nc(C2CCN(C)C2)n[nH]1. The molecule has 0 radical (unpaired) electrons. The first kappa shape index (κ1) is 9.65. The van der Waals surface area contributed by atoms with Gasteiger partial charge in [-0.2, -0.15) is 5.10 Å². The summed E-state index contributed by atoms with van der Waals surface area (Å²) in [6.45, 7) is 4.43. The Morgan fingerprint density at radius 2 is 2.43 bits per heavy atom. The van der Waals surface area contributed by atoms with Gasteiger partial charge in [0.25, 0.3) is 0 Å². The molecule has 0 aliphatic carbocycles. The molecule has 4 heteroatoms. The number of aromatic amines is 1. The standard InChI is InChI=1S/C10H18N4/c1-3-4-9-11-10(13-12-9)8-5-6-14(2)7-8/h8H,3-7H2,1-2H3,(H,11,12,13). The van der Waals surface area contributed by atoms with Gasteiger partial charge in [-0.3, -0.25) is 5.10 Å². The summed E-state index contributed by atoms with van der Waals surface area (Å²) in [6, 6.07) is 0. The highest BCUT2D eigenvalue weighted by atomic mass is 15.2. The monoisotopic (exact) mass is 194 g/mol. The number of nitrogens with one attached hydrogen (secondary N) is 1. The lowest BCUT2D eigenvalue weighted by Crippen LogP contribution is -2.13. The van der Waals surface area contributed by atoms with E-state index in [0.717, 1.165) is 31.0 Å². The van der Waals surface area contributed by atoms with E-state index in [2.05, 4.69) is 34.1 Å². The van der Waals surface area contributed by atoms with Gasteiger partial charge < -0.3 is 4.90 Å². The molecule has 0 aromatic carbocycles. The number of aromatic nitrogens is 3. The number of nitrogens with zero attached hydrogens (tertiary/aromatic N) is 3. The van der Waals surface area contributed by atoms with Crippen molar-refractivity contribution in [2.24, 2.45) is 0 Å². The predicted octanol–water partition coefficient (Wildman–Crippen LogP) is 1.18. The smallest absolute Gasteiger partial charge is 0.155 e. The molecule has 0 saturated carbocycles. The summed E-state index contributed by atoms with van der Waals surface area (Å²) in [5.41, 5.74) is 0. The fourth-order valence-corrected chi connectivity index (χ4v) is 1.99. The first-order valence-electron chi connectivity index (χ1n) is 5.39. The Morgan fingerprint density at radius 1 is 1.57 bits per heavy atom. The molecule has 4 nitrogen and oxygen atoms in total. The number of likely N-dealkylation sites (tertiary alicyclic amines) is 1. The van der Waals surface area contributed by atoms with Gasteiger partial charge in [-0.25, -0.2) is 4.98 Å². The van der Waals surface area contributed by atoms with Gasteiger partial charge in [0.15, 0.2) is 5.82 Å². The minimum absolute atomic E-state index is 0.543. The van der Waals surface area contributed by atoms with Crippen LogP contribution in [0, 0.1) is 0 Å². The minimum atomic E-state index is 0.543. The van der Waals surface area contributed by atoms with Crippen LogP contribution in [0.4, 0.5) is 0 Å². The van der Waals surface area contributed by atoms with Crippen LogP contribution in [-0.2, 0) is 6.42 Å². The second-order valence-corrected chi connectivity index (χ2v) is 4.14. The largest absolute Gasteiger partial charge is 0.306 e. The third-order valence-electron chi connectivity index (χ3n) is 2.79. The second-order valence-electron chi connectivity index (χ2n) is 4.14. The highest BCUT2D eigenvalue weighted by Crippen LogP contribution is 2.23. The van der Waals surface area contributed by atoms with Gasteiger partial charge in [0.05, 0.1) is 0 Å². The predicted molar refractivity (Wildman–Crippen MR) is 55.2 cm³/mol. The van der Waals surface area contributed by atoms with E-state index in [4.69, 9.17) is 0 Å². The van der Waals surface area contributed by atoms with E-state index in [9.17, 15) is 0 Å². The van der Waals surface area contributed by atoms with Crippen molar-refractivity contribution in [3.63, 3.8) is 0 Å². The first-order valence-corrected chi connectivity index (χ1v) is 5.39. The van der Waals surface area contributed by atoms with Crippen molar-refractivity contribution in [1.29, 1.82) is 0 Å². The van der Waals surface area contributed by atoms with E-state index in [1.807, 2.05) is 0 Å². The maximum Gasteiger partial charge on any atom is 0.155 e. The van der Waals surface area contributed by atoms with Gasteiger partial charge in [-0.1, -0.05) is 6.92 Å².